The van der Waals surface area contributed by atoms with Crippen LogP contribution < -0.4 is 0 Å². The first-order valence-electron chi connectivity index (χ1n) is 15.9. The van der Waals surface area contributed by atoms with E-state index in [0.717, 1.165) is 77.2 Å². The van der Waals surface area contributed by atoms with E-state index in [1.54, 1.807) is 0 Å². The lowest BCUT2D eigenvalue weighted by molar-refractivity contribution is 1.16. The predicted octanol–water partition coefficient (Wildman–Crippen LogP) is 11.0. The van der Waals surface area contributed by atoms with E-state index in [1.165, 1.54) is 0 Å². The van der Waals surface area contributed by atoms with Gasteiger partial charge in [-0.05, 0) is 71.3 Å². The summed E-state index contributed by atoms with van der Waals surface area (Å²) in [5.41, 5.74) is 11.1. The Morgan fingerprint density at radius 2 is 0.979 bits per heavy atom. The first-order chi connectivity index (χ1) is 23.7. The van der Waals surface area contributed by atoms with Gasteiger partial charge in [0, 0.05) is 32.8 Å². The van der Waals surface area contributed by atoms with Gasteiger partial charge in [-0.2, -0.15) is 10.5 Å². The van der Waals surface area contributed by atoms with Gasteiger partial charge in [0.25, 0.3) is 0 Å². The Hall–Kier alpha value is -6.88. The van der Waals surface area contributed by atoms with Gasteiger partial charge in [-0.15, -0.1) is 0 Å². The average Bonchev–Trinajstić information content (AvgIpc) is 3.67. The van der Waals surface area contributed by atoms with E-state index in [9.17, 15) is 10.5 Å². The maximum Gasteiger partial charge on any atom is 0.102 e. The van der Waals surface area contributed by atoms with Crippen LogP contribution in [-0.2, 0) is 0 Å². The molecule has 0 saturated carbocycles. The van der Waals surface area contributed by atoms with E-state index in [-0.39, 0.29) is 0 Å². The third-order valence-electron chi connectivity index (χ3n) is 9.37. The number of hydrogen-bond donors (Lipinski definition) is 0. The summed E-state index contributed by atoms with van der Waals surface area (Å²) in [4.78, 5) is 0. The second-order valence-electron chi connectivity index (χ2n) is 12.0. The standard InChI is InChI=1S/C44H26N4/c45-27-29-21-22-38-37-15-4-7-17-40(37)47(44(38)23-29)33-25-31(30-11-2-1-3-12-30)24-32(26-33)34-16-10-20-43(39(34)28-46)48-41-18-8-5-13-35(41)36-14-6-9-19-42(36)48/h1-26H. The summed E-state index contributed by atoms with van der Waals surface area (Å²) in [6, 6.07) is 58.9. The third kappa shape index (κ3) is 4.14. The molecular weight excluding hydrogens is 585 g/mol. The van der Waals surface area contributed by atoms with Crippen molar-refractivity contribution in [2.75, 3.05) is 0 Å². The van der Waals surface area contributed by atoms with Crippen molar-refractivity contribution in [2.45, 2.75) is 0 Å². The summed E-state index contributed by atoms with van der Waals surface area (Å²) in [5.74, 6) is 0. The molecule has 7 aromatic carbocycles. The third-order valence-corrected chi connectivity index (χ3v) is 9.37. The molecule has 0 amide bonds. The minimum absolute atomic E-state index is 0.606. The molecule has 2 aromatic heterocycles. The Morgan fingerprint density at radius 1 is 0.396 bits per heavy atom. The van der Waals surface area contributed by atoms with Gasteiger partial charge < -0.3 is 9.13 Å². The first kappa shape index (κ1) is 27.4. The summed E-state index contributed by atoms with van der Waals surface area (Å²) in [6.07, 6.45) is 0. The SMILES string of the molecule is N#Cc1ccc2c3ccccc3n(-c3cc(-c4ccccc4)cc(-c4cccc(-n5c6ccccc6c6ccccc65)c4C#N)c3)c2c1. The number of benzene rings is 7. The van der Waals surface area contributed by atoms with Gasteiger partial charge in [0.2, 0.25) is 0 Å². The Balaban J connectivity index is 1.35. The van der Waals surface area contributed by atoms with Crippen LogP contribution in [0, 0.1) is 22.7 Å². The molecule has 4 heteroatoms. The maximum atomic E-state index is 10.9. The number of nitrogens with zero attached hydrogens (tertiary/aromatic N) is 4. The Kier molecular flexibility index (Phi) is 6.22. The summed E-state index contributed by atoms with van der Waals surface area (Å²) in [6.45, 7) is 0. The van der Waals surface area contributed by atoms with E-state index in [1.807, 2.05) is 72.8 Å². The van der Waals surface area contributed by atoms with Gasteiger partial charge in [0.1, 0.15) is 6.07 Å². The normalized spacial score (nSPS) is 11.3. The molecule has 0 unspecified atom stereocenters. The van der Waals surface area contributed by atoms with Gasteiger partial charge in [-0.25, -0.2) is 0 Å². The highest BCUT2D eigenvalue weighted by molar-refractivity contribution is 6.10. The summed E-state index contributed by atoms with van der Waals surface area (Å²) in [7, 11) is 0. The number of nitriles is 2. The molecule has 222 valence electrons. The zero-order valence-electron chi connectivity index (χ0n) is 25.8. The lowest BCUT2D eigenvalue weighted by atomic mass is 9.94. The Morgan fingerprint density at radius 3 is 1.62 bits per heavy atom. The van der Waals surface area contributed by atoms with Crippen LogP contribution in [0.2, 0.25) is 0 Å². The van der Waals surface area contributed by atoms with E-state index < -0.39 is 0 Å². The van der Waals surface area contributed by atoms with Crippen molar-refractivity contribution in [1.29, 1.82) is 10.5 Å². The fraction of sp³-hybridized carbons (Fsp3) is 0. The fourth-order valence-corrected chi connectivity index (χ4v) is 7.28. The Bertz CT molecular complexity index is 2750. The molecular formula is C44H26N4. The van der Waals surface area contributed by atoms with Crippen LogP contribution in [0.3, 0.4) is 0 Å². The van der Waals surface area contributed by atoms with Crippen molar-refractivity contribution >= 4 is 43.6 Å². The van der Waals surface area contributed by atoms with Gasteiger partial charge in [0.15, 0.2) is 0 Å². The zero-order chi connectivity index (χ0) is 32.2. The van der Waals surface area contributed by atoms with Gasteiger partial charge >= 0.3 is 0 Å². The maximum absolute atomic E-state index is 10.9. The number of aromatic nitrogens is 2. The second kappa shape index (κ2) is 10.9. The van der Waals surface area contributed by atoms with Crippen LogP contribution in [0.5, 0.6) is 0 Å². The van der Waals surface area contributed by atoms with Crippen LogP contribution in [0.15, 0.2) is 158 Å². The van der Waals surface area contributed by atoms with Crippen molar-refractivity contribution in [3.8, 4) is 45.8 Å². The number of fused-ring (bicyclic) bond motifs is 6. The van der Waals surface area contributed by atoms with Crippen molar-refractivity contribution in [1.82, 2.24) is 9.13 Å². The molecule has 0 aliphatic rings. The lowest BCUT2D eigenvalue weighted by Crippen LogP contribution is -2.00. The molecule has 0 aliphatic heterocycles. The van der Waals surface area contributed by atoms with Crippen molar-refractivity contribution in [3.63, 3.8) is 0 Å². The first-order valence-corrected chi connectivity index (χ1v) is 15.9. The summed E-state index contributed by atoms with van der Waals surface area (Å²) in [5, 5.41) is 25.2. The molecule has 2 heterocycles. The van der Waals surface area contributed by atoms with Crippen LogP contribution in [-0.4, -0.2) is 9.13 Å². The molecule has 9 aromatic rings. The van der Waals surface area contributed by atoms with Gasteiger partial charge in [-0.1, -0.05) is 103 Å². The molecule has 9 rings (SSSR count). The van der Waals surface area contributed by atoms with Crippen molar-refractivity contribution in [3.05, 3.63) is 169 Å². The van der Waals surface area contributed by atoms with E-state index in [4.69, 9.17) is 0 Å². The second-order valence-corrected chi connectivity index (χ2v) is 12.0. The highest BCUT2D eigenvalue weighted by Crippen LogP contribution is 2.39. The van der Waals surface area contributed by atoms with Crippen LogP contribution in [0.1, 0.15) is 11.1 Å². The molecule has 4 nitrogen and oxygen atoms in total. The summed E-state index contributed by atoms with van der Waals surface area (Å²) < 4.78 is 4.45. The smallest absolute Gasteiger partial charge is 0.102 e. The van der Waals surface area contributed by atoms with Crippen LogP contribution in [0.4, 0.5) is 0 Å². The molecule has 0 radical (unpaired) electrons. The largest absolute Gasteiger partial charge is 0.309 e. The molecule has 0 saturated heterocycles. The molecule has 0 spiro atoms. The van der Waals surface area contributed by atoms with Crippen molar-refractivity contribution in [2.24, 2.45) is 0 Å². The zero-order valence-corrected chi connectivity index (χ0v) is 25.8. The van der Waals surface area contributed by atoms with Crippen LogP contribution >= 0.6 is 0 Å². The quantitative estimate of drug-likeness (QED) is 0.199. The van der Waals surface area contributed by atoms with E-state index in [0.29, 0.717) is 11.1 Å². The summed E-state index contributed by atoms with van der Waals surface area (Å²) >= 11 is 0. The molecule has 48 heavy (non-hydrogen) atoms. The minimum atomic E-state index is 0.606. The molecule has 0 fully saturated rings. The predicted molar refractivity (Wildman–Crippen MR) is 195 cm³/mol. The highest BCUT2D eigenvalue weighted by atomic mass is 15.0. The van der Waals surface area contributed by atoms with Crippen LogP contribution in [0.25, 0.3) is 77.2 Å². The molecule has 0 bridgehead atoms. The molecule has 0 N–H and O–H groups in total. The highest BCUT2D eigenvalue weighted by Gasteiger charge is 2.20. The monoisotopic (exact) mass is 610 g/mol. The Labute approximate surface area is 277 Å². The lowest BCUT2D eigenvalue weighted by Gasteiger charge is -2.17. The topological polar surface area (TPSA) is 57.4 Å². The van der Waals surface area contributed by atoms with Gasteiger partial charge in [0.05, 0.1) is 45.0 Å². The number of para-hydroxylation sites is 3. The fourth-order valence-electron chi connectivity index (χ4n) is 7.28. The molecule has 0 aliphatic carbocycles. The minimum Gasteiger partial charge on any atom is -0.309 e. The van der Waals surface area contributed by atoms with Gasteiger partial charge in [-0.3, -0.25) is 0 Å². The average molecular weight is 611 g/mol. The number of hydrogen-bond acceptors (Lipinski definition) is 2. The number of rotatable bonds is 4. The van der Waals surface area contributed by atoms with E-state index >= 15 is 0 Å². The van der Waals surface area contributed by atoms with Crippen molar-refractivity contribution < 1.29 is 0 Å². The molecule has 0 atom stereocenters. The van der Waals surface area contributed by atoms with E-state index in [2.05, 4.69) is 106 Å².